The van der Waals surface area contributed by atoms with Crippen LogP contribution in [0.25, 0.3) is 0 Å². The maximum Gasteiger partial charge on any atom is 0.308 e. The predicted octanol–water partition coefficient (Wildman–Crippen LogP) is 3.75. The molecule has 1 saturated carbocycles. The fourth-order valence-electron chi connectivity index (χ4n) is 4.60. The lowest BCUT2D eigenvalue weighted by atomic mass is 10.0. The lowest BCUT2D eigenvalue weighted by Gasteiger charge is -2.43. The molecule has 1 aromatic rings. The van der Waals surface area contributed by atoms with Crippen LogP contribution < -0.4 is 0 Å². The first-order chi connectivity index (χ1) is 14.4. The molecule has 1 aromatic carbocycles. The molecule has 7 nitrogen and oxygen atoms in total. The first-order valence-corrected chi connectivity index (χ1v) is 11.0. The quantitative estimate of drug-likeness (QED) is 0.657. The van der Waals surface area contributed by atoms with E-state index in [9.17, 15) is 9.59 Å². The third kappa shape index (κ3) is 4.85. The number of benzene rings is 1. The molecule has 30 heavy (non-hydrogen) atoms. The summed E-state index contributed by atoms with van der Waals surface area (Å²) in [6.45, 7) is 4.52. The number of nitrogens with zero attached hydrogens (tertiary/aromatic N) is 1. The number of ether oxygens (including phenoxy) is 3. The van der Waals surface area contributed by atoms with E-state index in [0.29, 0.717) is 31.6 Å². The van der Waals surface area contributed by atoms with Gasteiger partial charge >= 0.3 is 5.97 Å². The third-order valence-electron chi connectivity index (χ3n) is 5.92. The zero-order valence-electron chi connectivity index (χ0n) is 17.8. The predicted molar refractivity (Wildman–Crippen MR) is 108 cm³/mol. The van der Waals surface area contributed by atoms with Crippen LogP contribution in [-0.4, -0.2) is 47.6 Å². The SMILES string of the molecule is CC(C)OC(=O)C[C@H]1C[C@@H](CCN2OCc3ccccc3C2=O)OC2(CCCC2)O1. The van der Waals surface area contributed by atoms with Crippen molar-refractivity contribution in [2.45, 2.75) is 89.5 Å². The van der Waals surface area contributed by atoms with Gasteiger partial charge < -0.3 is 14.2 Å². The van der Waals surface area contributed by atoms with Crippen LogP contribution >= 0.6 is 0 Å². The van der Waals surface area contributed by atoms with E-state index in [1.165, 1.54) is 5.06 Å². The molecule has 1 aliphatic carbocycles. The van der Waals surface area contributed by atoms with Gasteiger partial charge in [-0.1, -0.05) is 18.2 Å². The molecule has 7 heteroatoms. The minimum absolute atomic E-state index is 0.0951. The average molecular weight is 418 g/mol. The van der Waals surface area contributed by atoms with E-state index in [1.807, 2.05) is 38.1 Å². The summed E-state index contributed by atoms with van der Waals surface area (Å²) in [6, 6.07) is 7.53. The normalized spacial score (nSPS) is 25.6. The van der Waals surface area contributed by atoms with Crippen LogP contribution in [0.15, 0.2) is 24.3 Å². The van der Waals surface area contributed by atoms with Crippen molar-refractivity contribution < 1.29 is 28.6 Å². The fraction of sp³-hybridized carbons (Fsp3) is 0.652. The average Bonchev–Trinajstić information content (AvgIpc) is 3.13. The molecule has 2 fully saturated rings. The first kappa shape index (κ1) is 21.3. The smallest absolute Gasteiger partial charge is 0.308 e. The molecule has 0 aromatic heterocycles. The highest BCUT2D eigenvalue weighted by atomic mass is 16.7. The van der Waals surface area contributed by atoms with Gasteiger partial charge in [0.1, 0.15) is 6.61 Å². The van der Waals surface area contributed by atoms with Gasteiger partial charge in [0.15, 0.2) is 5.79 Å². The van der Waals surface area contributed by atoms with Crippen LogP contribution in [0.3, 0.4) is 0 Å². The molecule has 2 heterocycles. The Morgan fingerprint density at radius 3 is 2.70 bits per heavy atom. The van der Waals surface area contributed by atoms with E-state index in [1.54, 1.807) is 0 Å². The molecule has 164 valence electrons. The zero-order valence-corrected chi connectivity index (χ0v) is 17.8. The van der Waals surface area contributed by atoms with Crippen molar-refractivity contribution in [1.82, 2.24) is 5.06 Å². The highest BCUT2D eigenvalue weighted by Crippen LogP contribution is 2.42. The van der Waals surface area contributed by atoms with Gasteiger partial charge in [0, 0.05) is 24.8 Å². The number of rotatable bonds is 6. The highest BCUT2D eigenvalue weighted by Gasteiger charge is 2.45. The van der Waals surface area contributed by atoms with Gasteiger partial charge in [-0.15, -0.1) is 0 Å². The van der Waals surface area contributed by atoms with Crippen molar-refractivity contribution in [2.75, 3.05) is 6.54 Å². The summed E-state index contributed by atoms with van der Waals surface area (Å²) in [7, 11) is 0. The Kier molecular flexibility index (Phi) is 6.41. The molecule has 1 spiro atoms. The summed E-state index contributed by atoms with van der Waals surface area (Å²) in [5.74, 6) is -0.961. The van der Waals surface area contributed by atoms with Crippen LogP contribution in [-0.2, 0) is 30.4 Å². The molecule has 0 radical (unpaired) electrons. The number of hydrogen-bond donors (Lipinski definition) is 0. The van der Waals surface area contributed by atoms with Gasteiger partial charge in [0.2, 0.25) is 0 Å². The Labute approximate surface area is 177 Å². The standard InChI is InChI=1S/C23H31NO6/c1-16(2)28-21(25)14-19-13-18(29-23(30-19)10-5-6-11-23)9-12-24-22(26)20-8-4-3-7-17(20)15-27-24/h3-4,7-8,16,18-19H,5-6,9-15H2,1-2H3/t18-,19-/m1/s1. The second-order valence-electron chi connectivity index (χ2n) is 8.70. The van der Waals surface area contributed by atoms with E-state index in [-0.39, 0.29) is 36.6 Å². The third-order valence-corrected chi connectivity index (χ3v) is 5.92. The monoisotopic (exact) mass is 417 g/mol. The molecule has 3 aliphatic rings. The van der Waals surface area contributed by atoms with Gasteiger partial charge in [-0.25, -0.2) is 5.06 Å². The van der Waals surface area contributed by atoms with Crippen molar-refractivity contribution in [2.24, 2.45) is 0 Å². The second kappa shape index (κ2) is 9.04. The van der Waals surface area contributed by atoms with Crippen molar-refractivity contribution in [3.8, 4) is 0 Å². The van der Waals surface area contributed by atoms with E-state index in [2.05, 4.69) is 0 Å². The molecule has 1 saturated heterocycles. The Morgan fingerprint density at radius 2 is 1.93 bits per heavy atom. The van der Waals surface area contributed by atoms with E-state index in [4.69, 9.17) is 19.0 Å². The van der Waals surface area contributed by atoms with Gasteiger partial charge in [0.05, 0.1) is 31.3 Å². The molecule has 2 atom stereocenters. The molecule has 0 unspecified atom stereocenters. The fourth-order valence-corrected chi connectivity index (χ4v) is 4.60. The topological polar surface area (TPSA) is 74.3 Å². The molecule has 0 bridgehead atoms. The zero-order chi connectivity index (χ0) is 21.1. The molecule has 2 aliphatic heterocycles. The van der Waals surface area contributed by atoms with Crippen molar-refractivity contribution >= 4 is 11.9 Å². The van der Waals surface area contributed by atoms with Gasteiger partial charge in [-0.3, -0.25) is 14.4 Å². The van der Waals surface area contributed by atoms with Crippen LogP contribution in [0.5, 0.6) is 0 Å². The maximum atomic E-state index is 12.7. The number of esters is 1. The molecular weight excluding hydrogens is 386 g/mol. The molecule has 4 rings (SSSR count). The Hall–Kier alpha value is -1.96. The van der Waals surface area contributed by atoms with Crippen LogP contribution in [0.2, 0.25) is 0 Å². The number of amides is 1. The lowest BCUT2D eigenvalue weighted by Crippen LogP contribution is -2.48. The summed E-state index contributed by atoms with van der Waals surface area (Å²) in [4.78, 5) is 30.6. The first-order valence-electron chi connectivity index (χ1n) is 11.0. The van der Waals surface area contributed by atoms with Crippen LogP contribution in [0.4, 0.5) is 0 Å². The van der Waals surface area contributed by atoms with Crippen LogP contribution in [0.1, 0.15) is 74.7 Å². The van der Waals surface area contributed by atoms with E-state index >= 15 is 0 Å². The Morgan fingerprint density at radius 1 is 1.20 bits per heavy atom. The number of fused-ring (bicyclic) bond motifs is 1. The summed E-state index contributed by atoms with van der Waals surface area (Å²) in [6.07, 6.45) is 4.79. The highest BCUT2D eigenvalue weighted by molar-refractivity contribution is 5.95. The summed E-state index contributed by atoms with van der Waals surface area (Å²) in [5, 5.41) is 1.44. The Bertz CT molecular complexity index is 773. The number of hydrogen-bond acceptors (Lipinski definition) is 6. The number of carbonyl (C=O) groups is 2. The van der Waals surface area contributed by atoms with E-state index < -0.39 is 5.79 Å². The summed E-state index contributed by atoms with van der Waals surface area (Å²) in [5.41, 5.74) is 1.60. The number of hydroxylamine groups is 2. The van der Waals surface area contributed by atoms with Gasteiger partial charge in [-0.2, -0.15) is 0 Å². The lowest BCUT2D eigenvalue weighted by molar-refractivity contribution is -0.316. The molecule has 1 amide bonds. The number of carbonyl (C=O) groups excluding carboxylic acids is 2. The van der Waals surface area contributed by atoms with Crippen molar-refractivity contribution in [3.63, 3.8) is 0 Å². The largest absolute Gasteiger partial charge is 0.463 e. The van der Waals surface area contributed by atoms with Gasteiger partial charge in [0.25, 0.3) is 5.91 Å². The maximum absolute atomic E-state index is 12.7. The molecular formula is C23H31NO6. The van der Waals surface area contributed by atoms with Crippen molar-refractivity contribution in [3.05, 3.63) is 35.4 Å². The molecule has 0 N–H and O–H groups in total. The minimum atomic E-state index is -0.606. The van der Waals surface area contributed by atoms with Gasteiger partial charge in [-0.05, 0) is 44.7 Å². The summed E-state index contributed by atoms with van der Waals surface area (Å²) >= 11 is 0. The van der Waals surface area contributed by atoms with E-state index in [0.717, 1.165) is 31.2 Å². The second-order valence-corrected chi connectivity index (χ2v) is 8.70. The van der Waals surface area contributed by atoms with Crippen molar-refractivity contribution in [1.29, 1.82) is 0 Å². The van der Waals surface area contributed by atoms with Crippen LogP contribution in [0, 0.1) is 0 Å². The minimum Gasteiger partial charge on any atom is -0.463 e. The summed E-state index contributed by atoms with van der Waals surface area (Å²) < 4.78 is 17.9. The Balaban J connectivity index is 1.38.